The standard InChI is InChI=1S/C42H50FN7O8S/c1-5-26-23-42(26,38(53)49-59(55,56)31-19-20-31)48-36(51)33-21-30(24-50(33)37(52)35(41(2,3)4)47-40(54)58-29-13-9-10-14-29)57-39-45-32(25-11-7-6-8-12-25)22-34(46-39)44-28-17-15-27(43)16-18-28/h5-8,11-12,15-18,22,26,29-31,33,35H,1,9-10,13-14,19-21,23-24H2,2-4H3,(H,47,54)(H,48,51)(H,49,53)(H,44,45,46)/t26-,30?,33+,35-,42-/m1/s1. The molecular weight excluding hydrogens is 782 g/mol. The highest BCUT2D eigenvalue weighted by atomic mass is 32.2. The maximum atomic E-state index is 14.7. The van der Waals surface area contributed by atoms with Crippen LogP contribution < -0.4 is 25.4 Å². The minimum Gasteiger partial charge on any atom is -0.458 e. The van der Waals surface area contributed by atoms with E-state index >= 15 is 0 Å². The first-order chi connectivity index (χ1) is 28.0. The predicted molar refractivity (Wildman–Crippen MR) is 216 cm³/mol. The number of benzene rings is 2. The van der Waals surface area contributed by atoms with Crippen LogP contribution >= 0.6 is 0 Å². The van der Waals surface area contributed by atoms with Gasteiger partial charge >= 0.3 is 12.1 Å². The molecule has 7 rings (SSSR count). The average Bonchev–Trinajstić information content (AvgIpc) is 4.08. The number of anilines is 2. The number of alkyl carbamates (subject to hydrolysis) is 1. The van der Waals surface area contributed by atoms with Gasteiger partial charge in [0.1, 0.15) is 41.5 Å². The van der Waals surface area contributed by atoms with Gasteiger partial charge in [-0.05, 0) is 74.6 Å². The lowest BCUT2D eigenvalue weighted by molar-refractivity contribution is -0.143. The summed E-state index contributed by atoms with van der Waals surface area (Å²) >= 11 is 0. The monoisotopic (exact) mass is 831 g/mol. The molecule has 2 heterocycles. The quantitative estimate of drug-likeness (QED) is 0.157. The Morgan fingerprint density at radius 2 is 1.68 bits per heavy atom. The van der Waals surface area contributed by atoms with E-state index in [1.54, 1.807) is 39.0 Å². The number of rotatable bonds is 14. The van der Waals surface area contributed by atoms with Crippen LogP contribution in [0.4, 0.5) is 20.7 Å². The van der Waals surface area contributed by atoms with Gasteiger partial charge in [-0.1, -0.05) is 57.2 Å². The highest BCUT2D eigenvalue weighted by Gasteiger charge is 2.62. The molecule has 314 valence electrons. The van der Waals surface area contributed by atoms with E-state index in [1.165, 1.54) is 23.1 Å². The number of hydrogen-bond acceptors (Lipinski definition) is 11. The molecule has 4 aliphatic rings. The second-order valence-electron chi connectivity index (χ2n) is 16.8. The van der Waals surface area contributed by atoms with E-state index < -0.39 is 80.0 Å². The number of nitrogens with one attached hydrogen (secondary N) is 4. The predicted octanol–water partition coefficient (Wildman–Crippen LogP) is 5.13. The van der Waals surface area contributed by atoms with Gasteiger partial charge in [-0.25, -0.2) is 17.6 Å². The molecule has 3 aliphatic carbocycles. The Kier molecular flexibility index (Phi) is 11.7. The van der Waals surface area contributed by atoms with Crippen LogP contribution in [0.15, 0.2) is 73.3 Å². The van der Waals surface area contributed by atoms with Crippen molar-refractivity contribution >= 4 is 45.3 Å². The van der Waals surface area contributed by atoms with Crippen LogP contribution in [0.25, 0.3) is 11.3 Å². The number of amides is 4. The molecule has 1 aliphatic heterocycles. The average molecular weight is 832 g/mol. The fourth-order valence-electron chi connectivity index (χ4n) is 7.65. The number of likely N-dealkylation sites (tertiary alicyclic amines) is 1. The van der Waals surface area contributed by atoms with E-state index in [4.69, 9.17) is 9.47 Å². The molecule has 1 unspecified atom stereocenters. The SMILES string of the molecule is C=C[C@@H]1C[C@]1(NC(=O)[C@@H]1CC(Oc2nc(Nc3ccc(F)cc3)cc(-c3ccccc3)n2)CN1C(=O)[C@@H](NC(=O)OC1CCCC1)C(C)(C)C)C(=O)NS(=O)(=O)C1CC1. The Balaban J connectivity index is 1.18. The normalized spacial score (nSPS) is 23.5. The van der Waals surface area contributed by atoms with E-state index in [-0.39, 0.29) is 31.5 Å². The fraction of sp³-hybridized carbons (Fsp3) is 0.476. The zero-order chi connectivity index (χ0) is 42.1. The highest BCUT2D eigenvalue weighted by Crippen LogP contribution is 2.45. The van der Waals surface area contributed by atoms with Crippen molar-refractivity contribution in [2.75, 3.05) is 11.9 Å². The Morgan fingerprint density at radius 3 is 2.31 bits per heavy atom. The zero-order valence-corrected chi connectivity index (χ0v) is 34.1. The third kappa shape index (κ3) is 9.67. The molecule has 4 amide bonds. The van der Waals surface area contributed by atoms with Gasteiger partial charge in [-0.3, -0.25) is 19.1 Å². The van der Waals surface area contributed by atoms with Gasteiger partial charge in [0.15, 0.2) is 0 Å². The molecule has 3 saturated carbocycles. The Morgan fingerprint density at radius 1 is 0.983 bits per heavy atom. The van der Waals surface area contributed by atoms with Gasteiger partial charge in [0.05, 0.1) is 17.5 Å². The molecule has 1 saturated heterocycles. The smallest absolute Gasteiger partial charge is 0.408 e. The minimum atomic E-state index is -3.94. The lowest BCUT2D eigenvalue weighted by atomic mass is 9.85. The second-order valence-corrected chi connectivity index (χ2v) is 18.8. The van der Waals surface area contributed by atoms with Crippen LogP contribution in [0.3, 0.4) is 0 Å². The third-order valence-corrected chi connectivity index (χ3v) is 13.0. The molecule has 59 heavy (non-hydrogen) atoms. The summed E-state index contributed by atoms with van der Waals surface area (Å²) in [6.07, 6.45) is 3.86. The van der Waals surface area contributed by atoms with Crippen molar-refractivity contribution in [2.24, 2.45) is 11.3 Å². The van der Waals surface area contributed by atoms with Gasteiger partial charge in [0, 0.05) is 29.7 Å². The van der Waals surface area contributed by atoms with Crippen molar-refractivity contribution in [3.63, 3.8) is 0 Å². The molecule has 5 atom stereocenters. The van der Waals surface area contributed by atoms with Gasteiger partial charge in [-0.15, -0.1) is 6.58 Å². The number of hydrogen-bond donors (Lipinski definition) is 4. The molecule has 2 aromatic carbocycles. The van der Waals surface area contributed by atoms with Crippen LogP contribution in [-0.2, 0) is 29.1 Å². The van der Waals surface area contributed by atoms with Crippen LogP contribution in [0.2, 0.25) is 0 Å². The number of carbonyl (C=O) groups excluding carboxylic acids is 4. The highest BCUT2D eigenvalue weighted by molar-refractivity contribution is 7.91. The first kappa shape index (κ1) is 41.6. The molecule has 0 spiro atoms. The second kappa shape index (κ2) is 16.6. The molecule has 17 heteroatoms. The summed E-state index contributed by atoms with van der Waals surface area (Å²) in [6, 6.07) is 14.3. The fourth-order valence-corrected chi connectivity index (χ4v) is 9.01. The lowest BCUT2D eigenvalue weighted by Crippen LogP contribution is -2.60. The van der Waals surface area contributed by atoms with Gasteiger partial charge in [0.25, 0.3) is 5.91 Å². The van der Waals surface area contributed by atoms with Gasteiger partial charge < -0.3 is 30.3 Å². The van der Waals surface area contributed by atoms with E-state index in [1.807, 2.05) is 30.3 Å². The number of sulfonamides is 1. The number of carbonyl (C=O) groups is 4. The van der Waals surface area contributed by atoms with Crippen molar-refractivity contribution in [1.29, 1.82) is 0 Å². The van der Waals surface area contributed by atoms with Crippen molar-refractivity contribution in [3.05, 3.63) is 79.1 Å². The molecule has 1 aromatic heterocycles. The van der Waals surface area contributed by atoms with Crippen LogP contribution in [0.5, 0.6) is 6.01 Å². The topological polar surface area (TPSA) is 198 Å². The summed E-state index contributed by atoms with van der Waals surface area (Å²) in [5.41, 5.74) is -0.647. The number of nitrogens with zero attached hydrogens (tertiary/aromatic N) is 3. The molecule has 0 radical (unpaired) electrons. The lowest BCUT2D eigenvalue weighted by Gasteiger charge is -2.35. The molecule has 3 aromatic rings. The summed E-state index contributed by atoms with van der Waals surface area (Å²) in [7, 11) is -3.94. The summed E-state index contributed by atoms with van der Waals surface area (Å²) in [5, 5.41) is 8.02. The molecular formula is C42H50FN7O8S. The first-order valence-electron chi connectivity index (χ1n) is 20.0. The zero-order valence-electron chi connectivity index (χ0n) is 33.3. The summed E-state index contributed by atoms with van der Waals surface area (Å²) in [6.45, 7) is 8.98. The minimum absolute atomic E-state index is 0.0720. The Labute approximate surface area is 343 Å². The summed E-state index contributed by atoms with van der Waals surface area (Å²) in [4.78, 5) is 66.4. The van der Waals surface area contributed by atoms with Crippen molar-refractivity contribution < 1.29 is 41.5 Å². The Bertz CT molecular complexity index is 2190. The molecule has 15 nitrogen and oxygen atoms in total. The number of halogens is 1. The Hall–Kier alpha value is -5.58. The first-order valence-corrected chi connectivity index (χ1v) is 21.5. The van der Waals surface area contributed by atoms with Crippen LogP contribution in [0.1, 0.15) is 72.1 Å². The molecule has 4 fully saturated rings. The van der Waals surface area contributed by atoms with Crippen molar-refractivity contribution in [3.8, 4) is 17.3 Å². The summed E-state index contributed by atoms with van der Waals surface area (Å²) < 4.78 is 53.4. The van der Waals surface area contributed by atoms with Crippen LogP contribution in [0, 0.1) is 17.2 Å². The maximum absolute atomic E-state index is 14.7. The van der Waals surface area contributed by atoms with Gasteiger partial charge in [0.2, 0.25) is 21.8 Å². The van der Waals surface area contributed by atoms with E-state index in [0.717, 1.165) is 31.2 Å². The van der Waals surface area contributed by atoms with Crippen molar-refractivity contribution in [2.45, 2.75) is 107 Å². The maximum Gasteiger partial charge on any atom is 0.408 e. The number of aromatic nitrogens is 2. The third-order valence-electron chi connectivity index (χ3n) is 11.2. The van der Waals surface area contributed by atoms with Crippen LogP contribution in [-0.4, -0.2) is 88.7 Å². The largest absolute Gasteiger partial charge is 0.458 e. The van der Waals surface area contributed by atoms with E-state index in [9.17, 15) is 32.0 Å². The van der Waals surface area contributed by atoms with Gasteiger partial charge in [-0.2, -0.15) is 9.97 Å². The molecule has 0 bridgehead atoms. The number of ether oxygens (including phenoxy) is 2. The van der Waals surface area contributed by atoms with Crippen molar-refractivity contribution in [1.82, 2.24) is 30.2 Å². The van der Waals surface area contributed by atoms with E-state index in [2.05, 4.69) is 37.2 Å². The summed E-state index contributed by atoms with van der Waals surface area (Å²) in [5.74, 6) is -2.81. The molecule has 4 N–H and O–H groups in total. The van der Waals surface area contributed by atoms with E-state index in [0.29, 0.717) is 30.0 Å².